The molecular weight excluding hydrogens is 450 g/mol. The molecule has 1 aromatic heterocycles. The molecule has 0 spiro atoms. The third-order valence-corrected chi connectivity index (χ3v) is 5.88. The molecule has 0 saturated heterocycles. The van der Waals surface area contributed by atoms with Crippen LogP contribution in [0.3, 0.4) is 0 Å². The van der Waals surface area contributed by atoms with E-state index in [4.69, 9.17) is 4.74 Å². The van der Waals surface area contributed by atoms with Gasteiger partial charge in [0.05, 0.1) is 0 Å². The number of amides is 1. The maximum absolute atomic E-state index is 12.4. The molecule has 0 aliphatic heterocycles. The Balaban J connectivity index is 1.44. The minimum absolute atomic E-state index is 0.0844. The average molecular weight is 470 g/mol. The molecule has 4 rings (SSSR count). The number of carboxylic acids is 1. The molecule has 1 unspecified atom stereocenters. The van der Waals surface area contributed by atoms with Crippen LogP contribution in [0.25, 0.3) is 11.1 Å². The SMILES string of the molecule is Cn1cc(CC(NC(=O)OCC2c3ccccc3-c3ccccc32)C(=O)O)c(Br)n1. The fourth-order valence-electron chi connectivity index (χ4n) is 3.85. The number of aliphatic carboxylic acids is 1. The number of rotatable bonds is 6. The normalized spacial score (nSPS) is 13.4. The van der Waals surface area contributed by atoms with E-state index in [2.05, 4.69) is 38.5 Å². The molecule has 2 aromatic carbocycles. The van der Waals surface area contributed by atoms with Crippen LogP contribution in [0.5, 0.6) is 0 Å². The second-order valence-electron chi connectivity index (χ2n) is 7.18. The Morgan fingerprint density at radius 3 is 2.30 bits per heavy atom. The fourth-order valence-corrected chi connectivity index (χ4v) is 4.36. The van der Waals surface area contributed by atoms with Crippen LogP contribution in [-0.4, -0.2) is 39.6 Å². The van der Waals surface area contributed by atoms with E-state index in [1.165, 1.54) is 0 Å². The first-order valence-electron chi connectivity index (χ1n) is 9.46. The van der Waals surface area contributed by atoms with Gasteiger partial charge in [0.25, 0.3) is 0 Å². The zero-order chi connectivity index (χ0) is 21.3. The molecule has 1 aliphatic rings. The van der Waals surface area contributed by atoms with Crippen molar-refractivity contribution in [2.75, 3.05) is 6.61 Å². The molecule has 154 valence electrons. The van der Waals surface area contributed by atoms with E-state index in [0.29, 0.717) is 10.2 Å². The van der Waals surface area contributed by atoms with Gasteiger partial charge in [-0.25, -0.2) is 9.59 Å². The van der Waals surface area contributed by atoms with Crippen molar-refractivity contribution in [1.29, 1.82) is 0 Å². The zero-order valence-electron chi connectivity index (χ0n) is 16.2. The molecule has 3 aromatic rings. The second-order valence-corrected chi connectivity index (χ2v) is 7.93. The number of carbonyl (C=O) groups excluding carboxylic acids is 1. The Morgan fingerprint density at radius 2 is 1.77 bits per heavy atom. The zero-order valence-corrected chi connectivity index (χ0v) is 17.8. The van der Waals surface area contributed by atoms with Gasteiger partial charge in [-0.05, 0) is 38.2 Å². The minimum Gasteiger partial charge on any atom is -0.480 e. The van der Waals surface area contributed by atoms with E-state index >= 15 is 0 Å². The van der Waals surface area contributed by atoms with Gasteiger partial charge in [0.15, 0.2) is 0 Å². The highest BCUT2D eigenvalue weighted by Gasteiger charge is 2.30. The number of alkyl carbamates (subject to hydrolysis) is 1. The molecular formula is C22H20BrN3O4. The summed E-state index contributed by atoms with van der Waals surface area (Å²) in [5.74, 6) is -1.22. The Labute approximate surface area is 181 Å². The Bertz CT molecular complexity index is 1070. The third kappa shape index (κ3) is 3.95. The number of hydrogen-bond donors (Lipinski definition) is 2. The molecule has 1 aliphatic carbocycles. The van der Waals surface area contributed by atoms with Crippen LogP contribution in [0.15, 0.2) is 59.3 Å². The van der Waals surface area contributed by atoms with Gasteiger partial charge in [-0.15, -0.1) is 0 Å². The van der Waals surface area contributed by atoms with E-state index in [1.54, 1.807) is 17.9 Å². The maximum Gasteiger partial charge on any atom is 0.407 e. The number of ether oxygens (including phenoxy) is 1. The number of nitrogens with zero attached hydrogens (tertiary/aromatic N) is 2. The van der Waals surface area contributed by atoms with Crippen molar-refractivity contribution in [2.45, 2.75) is 18.4 Å². The minimum atomic E-state index is -1.14. The Hall–Kier alpha value is -3.13. The van der Waals surface area contributed by atoms with Crippen LogP contribution < -0.4 is 5.32 Å². The van der Waals surface area contributed by atoms with Gasteiger partial charge in [-0.3, -0.25) is 4.68 Å². The molecule has 30 heavy (non-hydrogen) atoms. The number of aryl methyl sites for hydroxylation is 1. The lowest BCUT2D eigenvalue weighted by molar-refractivity contribution is -0.139. The number of benzene rings is 2. The van der Waals surface area contributed by atoms with Crippen molar-refractivity contribution >= 4 is 28.0 Å². The first kappa shape index (κ1) is 20.2. The molecule has 1 atom stereocenters. The van der Waals surface area contributed by atoms with E-state index in [9.17, 15) is 14.7 Å². The third-order valence-electron chi connectivity index (χ3n) is 5.21. The molecule has 7 nitrogen and oxygen atoms in total. The molecule has 2 N–H and O–H groups in total. The molecule has 1 amide bonds. The number of carbonyl (C=O) groups is 2. The van der Waals surface area contributed by atoms with Crippen LogP contribution in [0, 0.1) is 0 Å². The standard InChI is InChI=1S/C22H20BrN3O4/c1-26-11-13(20(23)25-26)10-19(21(27)28)24-22(29)30-12-18-16-8-4-2-6-14(16)15-7-3-5-9-17(15)18/h2-9,11,18-19H,10,12H2,1H3,(H,24,29)(H,27,28). The van der Waals surface area contributed by atoms with Gasteiger partial charge in [-0.2, -0.15) is 5.10 Å². The molecule has 1 heterocycles. The molecule has 0 fully saturated rings. The van der Waals surface area contributed by atoms with Crippen LogP contribution >= 0.6 is 15.9 Å². The second kappa shape index (κ2) is 8.31. The van der Waals surface area contributed by atoms with Gasteiger partial charge in [0.1, 0.15) is 17.3 Å². The molecule has 8 heteroatoms. The highest BCUT2D eigenvalue weighted by Crippen LogP contribution is 2.44. The summed E-state index contributed by atoms with van der Waals surface area (Å²) in [5, 5.41) is 16.1. The van der Waals surface area contributed by atoms with Gasteiger partial charge >= 0.3 is 12.1 Å². The van der Waals surface area contributed by atoms with Crippen molar-refractivity contribution in [3.05, 3.63) is 76.0 Å². The van der Waals surface area contributed by atoms with Crippen molar-refractivity contribution < 1.29 is 19.4 Å². The summed E-state index contributed by atoms with van der Waals surface area (Å²) in [6.45, 7) is 0.128. The monoisotopic (exact) mass is 469 g/mol. The number of halogens is 1. The van der Waals surface area contributed by atoms with Crippen molar-refractivity contribution in [3.63, 3.8) is 0 Å². The van der Waals surface area contributed by atoms with E-state index in [0.717, 1.165) is 22.3 Å². The smallest absolute Gasteiger partial charge is 0.407 e. The highest BCUT2D eigenvalue weighted by atomic mass is 79.9. The van der Waals surface area contributed by atoms with Crippen LogP contribution in [-0.2, 0) is 23.0 Å². The summed E-state index contributed by atoms with van der Waals surface area (Å²) in [7, 11) is 1.74. The number of fused-ring (bicyclic) bond motifs is 3. The fraction of sp³-hybridized carbons (Fsp3) is 0.227. The van der Waals surface area contributed by atoms with Crippen molar-refractivity contribution in [3.8, 4) is 11.1 Å². The predicted molar refractivity (Wildman–Crippen MR) is 114 cm³/mol. The van der Waals surface area contributed by atoms with Gasteiger partial charge in [0.2, 0.25) is 0 Å². The van der Waals surface area contributed by atoms with Crippen molar-refractivity contribution in [1.82, 2.24) is 15.1 Å². The van der Waals surface area contributed by atoms with E-state index in [-0.39, 0.29) is 18.9 Å². The van der Waals surface area contributed by atoms with Crippen LogP contribution in [0.1, 0.15) is 22.6 Å². The van der Waals surface area contributed by atoms with Gasteiger partial charge in [0, 0.05) is 31.1 Å². The Kier molecular flexibility index (Phi) is 5.59. The summed E-state index contributed by atoms with van der Waals surface area (Å²) < 4.78 is 7.57. The molecule has 0 saturated carbocycles. The summed E-state index contributed by atoms with van der Waals surface area (Å²) in [4.78, 5) is 24.0. The average Bonchev–Trinajstić information content (AvgIpc) is 3.22. The topological polar surface area (TPSA) is 93.5 Å². The summed E-state index contributed by atoms with van der Waals surface area (Å²) in [5.41, 5.74) is 5.14. The molecule has 0 radical (unpaired) electrons. The first-order chi connectivity index (χ1) is 14.4. The lowest BCUT2D eigenvalue weighted by Crippen LogP contribution is -2.42. The Morgan fingerprint density at radius 1 is 1.17 bits per heavy atom. The maximum atomic E-state index is 12.4. The van der Waals surface area contributed by atoms with Crippen LogP contribution in [0.4, 0.5) is 4.79 Å². The van der Waals surface area contributed by atoms with E-state index in [1.807, 2.05) is 36.4 Å². The number of aromatic nitrogens is 2. The summed E-state index contributed by atoms with van der Waals surface area (Å²) in [6.07, 6.45) is 1.04. The number of carboxylic acid groups (broad SMARTS) is 1. The summed E-state index contributed by atoms with van der Waals surface area (Å²) >= 11 is 3.30. The number of nitrogens with one attached hydrogen (secondary N) is 1. The predicted octanol–water partition coefficient (Wildman–Crippen LogP) is 3.72. The van der Waals surface area contributed by atoms with Crippen LogP contribution in [0.2, 0.25) is 0 Å². The van der Waals surface area contributed by atoms with E-state index < -0.39 is 18.1 Å². The molecule has 0 bridgehead atoms. The van der Waals surface area contributed by atoms with Gasteiger partial charge in [-0.1, -0.05) is 48.5 Å². The largest absolute Gasteiger partial charge is 0.480 e. The lowest BCUT2D eigenvalue weighted by atomic mass is 9.98. The lowest BCUT2D eigenvalue weighted by Gasteiger charge is -2.17. The van der Waals surface area contributed by atoms with Crippen molar-refractivity contribution in [2.24, 2.45) is 7.05 Å². The highest BCUT2D eigenvalue weighted by molar-refractivity contribution is 9.10. The first-order valence-corrected chi connectivity index (χ1v) is 10.3. The quantitative estimate of drug-likeness (QED) is 0.573. The summed E-state index contributed by atoms with van der Waals surface area (Å²) in [6, 6.07) is 14.9. The van der Waals surface area contributed by atoms with Gasteiger partial charge < -0.3 is 15.2 Å². The number of hydrogen-bond acceptors (Lipinski definition) is 4.